The summed E-state index contributed by atoms with van der Waals surface area (Å²) in [7, 11) is -38.0. The van der Waals surface area contributed by atoms with Crippen molar-refractivity contribution in [1.29, 1.82) is 0 Å². The van der Waals surface area contributed by atoms with Crippen molar-refractivity contribution in [1.82, 2.24) is 29.9 Å². The predicted octanol–water partition coefficient (Wildman–Crippen LogP) is 21.7. The summed E-state index contributed by atoms with van der Waals surface area (Å²) in [5, 5.41) is 78.7. The largest absolute Gasteiger partial charge is 0.334 e. The van der Waals surface area contributed by atoms with Crippen LogP contribution in [0.4, 0.5) is 149 Å². The highest BCUT2D eigenvalue weighted by molar-refractivity contribution is 7.87. The van der Waals surface area contributed by atoms with Crippen LogP contribution < -0.4 is 31.1 Å². The molecule has 1 saturated heterocycles. The molecule has 2 aromatic heterocycles. The minimum atomic E-state index is -4.98. The van der Waals surface area contributed by atoms with E-state index in [1.54, 1.807) is 100 Å². The number of anilines is 10. The fraction of sp³-hybridized carbons (Fsp3) is 0.114. The Hall–Kier alpha value is -16.5. The lowest BCUT2D eigenvalue weighted by Crippen LogP contribution is -2.57. The number of hydrogen-bond acceptors (Lipinski definition) is 44. The normalized spacial score (nSPS) is 14.4. The van der Waals surface area contributed by atoms with Crippen LogP contribution in [0.2, 0.25) is 0 Å². The van der Waals surface area contributed by atoms with Crippen LogP contribution in [0.3, 0.4) is 0 Å². The third-order valence-corrected chi connectivity index (χ3v) is 28.2. The van der Waals surface area contributed by atoms with Crippen LogP contribution in [0.15, 0.2) is 364 Å². The predicted molar refractivity (Wildman–Crippen MR) is 535 cm³/mol. The lowest BCUT2D eigenvalue weighted by atomic mass is 10.1. The molecular weight excluding hydrogens is 2090 g/mol. The zero-order valence-corrected chi connectivity index (χ0v) is 83.3. The zero-order chi connectivity index (χ0) is 106. The summed E-state index contributed by atoms with van der Waals surface area (Å²) in [6.07, 6.45) is 0. The summed E-state index contributed by atoms with van der Waals surface area (Å²) < 4.78 is 274. The number of hydrogen-bond donors (Lipinski definition) is 12. The molecule has 52 nitrogen and oxygen atoms in total. The first-order valence-electron chi connectivity index (χ1n) is 42.4. The highest BCUT2D eigenvalue weighted by atomic mass is 32.2. The molecule has 60 heteroatoms. The lowest BCUT2D eigenvalue weighted by Gasteiger charge is -2.44. The zero-order valence-electron chi connectivity index (χ0n) is 76.8. The van der Waals surface area contributed by atoms with Crippen molar-refractivity contribution in [2.45, 2.75) is 92.8 Å². The van der Waals surface area contributed by atoms with E-state index in [0.717, 1.165) is 72.8 Å². The van der Waals surface area contributed by atoms with Gasteiger partial charge in [0.05, 0.1) is 87.8 Å². The second-order valence-corrected chi connectivity index (χ2v) is 43.3. The molecule has 3 heterocycles. The van der Waals surface area contributed by atoms with Crippen LogP contribution in [0.1, 0.15) is 36.1 Å². The first kappa shape index (κ1) is 106. The summed E-state index contributed by atoms with van der Waals surface area (Å²) in [5.41, 5.74) is 3.41. The Kier molecular flexibility index (Phi) is 30.8. The van der Waals surface area contributed by atoms with Crippen molar-refractivity contribution >= 4 is 230 Å². The lowest BCUT2D eigenvalue weighted by molar-refractivity contribution is 0.467. The maximum Gasteiger partial charge on any atom is 0.296 e. The number of aryl methyl sites for hydroxylation is 4. The van der Waals surface area contributed by atoms with E-state index in [0.29, 0.717) is 45.0 Å². The number of nitrogens with one attached hydrogen (secondary N) is 4. The van der Waals surface area contributed by atoms with Gasteiger partial charge in [0.25, 0.3) is 80.9 Å². The molecule has 14 aromatic rings. The van der Waals surface area contributed by atoms with Gasteiger partial charge in [0, 0.05) is 47.9 Å². The Morgan fingerprint density at radius 1 is 0.223 bits per heavy atom. The van der Waals surface area contributed by atoms with Gasteiger partial charge in [0.1, 0.15) is 42.3 Å². The molecule has 0 aliphatic carbocycles. The molecule has 1 aliphatic rings. The summed E-state index contributed by atoms with van der Waals surface area (Å²) in [5.74, 6) is 0.168. The van der Waals surface area contributed by atoms with Gasteiger partial charge in [0.15, 0.2) is 0 Å². The van der Waals surface area contributed by atoms with Crippen molar-refractivity contribution in [2.24, 2.45) is 81.8 Å². The summed E-state index contributed by atoms with van der Waals surface area (Å²) in [4.78, 5) is 28.8. The fourth-order valence-corrected chi connectivity index (χ4v) is 18.3. The van der Waals surface area contributed by atoms with E-state index in [1.807, 2.05) is 23.6 Å². The highest BCUT2D eigenvalue weighted by Crippen LogP contribution is 2.42. The van der Waals surface area contributed by atoms with Gasteiger partial charge in [-0.05, 0) is 306 Å². The Bertz CT molecular complexity index is 7900. The fourth-order valence-electron chi connectivity index (χ4n) is 13.8. The van der Waals surface area contributed by atoms with Gasteiger partial charge in [0.2, 0.25) is 35.7 Å². The SMILES string of the molecule is Cc1cc(Nc2nc(Nc3ccc(N=Nc4ccc(N=Nc5ccc(S(=O)(=O)O)cc5)cc4S(=O)(=O)O)c(C)c3)nc(N3CC(C)N(c4nc(Nc5ccc(N=Nc6ccc(N=Nc7ccc(S(=O)(=O)O)cc7)cc6S(=O)(=O)O)c(C)c5)nc(Nc5ccc(N=Nc6ccc(N=Nc7ccc(S(=O)(=O)O)cc7)cc6S(=O)(=O)O)c(C)c5)n4)CC3C)n2)ccc1N=Nc1ccc(N=Nc2ccc(S(=O)(=O)O)cc2)cc1S(=O)(=O)O. The molecule has 148 heavy (non-hydrogen) atoms. The van der Waals surface area contributed by atoms with E-state index in [2.05, 4.69) is 103 Å². The molecule has 1 fully saturated rings. The minimum Gasteiger partial charge on any atom is -0.334 e. The molecule has 0 bridgehead atoms. The second-order valence-electron chi connectivity index (χ2n) is 32.1. The van der Waals surface area contributed by atoms with Crippen molar-refractivity contribution in [3.05, 3.63) is 265 Å². The number of rotatable bonds is 34. The third kappa shape index (κ3) is 27.4. The molecule has 0 spiro atoms. The Morgan fingerprint density at radius 2 is 0.399 bits per heavy atom. The molecule has 15 rings (SSSR count). The number of azo groups is 8. The van der Waals surface area contributed by atoms with Crippen LogP contribution in [0.25, 0.3) is 0 Å². The van der Waals surface area contributed by atoms with Gasteiger partial charge in [-0.25, -0.2) is 0 Å². The first-order chi connectivity index (χ1) is 69.7. The van der Waals surface area contributed by atoms with E-state index >= 15 is 0 Å². The van der Waals surface area contributed by atoms with E-state index in [1.165, 1.54) is 97.1 Å². The average Bonchev–Trinajstić information content (AvgIpc) is 0.982. The van der Waals surface area contributed by atoms with Crippen LogP contribution in [-0.4, -0.2) is 159 Å². The van der Waals surface area contributed by atoms with Gasteiger partial charge in [-0.15, -0.1) is 20.5 Å². The Balaban J connectivity index is 0.728. The summed E-state index contributed by atoms with van der Waals surface area (Å²) in [6, 6.07) is 50.8. The molecule has 0 saturated carbocycles. The van der Waals surface area contributed by atoms with E-state index < -0.39 is 132 Å². The second kappa shape index (κ2) is 43.1. The van der Waals surface area contributed by atoms with Crippen molar-refractivity contribution in [2.75, 3.05) is 44.2 Å². The van der Waals surface area contributed by atoms with Gasteiger partial charge in [-0.2, -0.15) is 159 Å². The number of nitrogens with zero attached hydrogens (tertiary/aromatic N) is 24. The van der Waals surface area contributed by atoms with Gasteiger partial charge >= 0.3 is 0 Å². The number of benzene rings is 12. The third-order valence-electron chi connectivity index (χ3n) is 21.2. The topological polar surface area (TPSA) is 765 Å². The summed E-state index contributed by atoms with van der Waals surface area (Å²) in [6.45, 7) is 10.8. The van der Waals surface area contributed by atoms with E-state index in [-0.39, 0.29) is 140 Å². The first-order valence-corrected chi connectivity index (χ1v) is 53.9. The standard InChI is InChI=1S/C88H76N28O24S8/c1-49-39-59(15-31-71(49)107-111-75-35-19-63(43-79(75)145(129,130)131)103-99-55-7-23-67(24-8-55)141(117,118)119)89-83-93-84(90-60-16-32-72(50(2)40-60)108-112-76-36-20-64(44-80(76)146(132,133)134)104-100-56-9-25-68(26-10-56)142(120,121)122)96-87(95-83)115-47-54(6)116(48-53(115)5)88-97-85(91-61-17-33-73(51(3)41-61)109-113-77-37-21-65(45-81(77)147(135,136)137)105-101-57-11-27-69(28-12-57)143(123,124)125)94-86(98-88)92-62-18-34-74(52(4)42-62)110-114-78-38-22-66(46-82(78)148(138,139)140)106-102-58-13-29-70(30-14-58)144(126,127)128/h7-46,53-54H,47-48H2,1-6H3,(H,117,118,119)(H,120,121,122)(H,123,124,125)(H,126,127,128)(H,129,130,131)(H,132,133,134)(H,135,136,137)(H,138,139,140)(H2,89,90,93,95,96)(H2,91,92,94,97,98). The molecule has 1 aliphatic heterocycles. The molecular formula is C88H76N28O24S8. The van der Waals surface area contributed by atoms with Gasteiger partial charge in [-0.1, -0.05) is 0 Å². The maximum absolute atomic E-state index is 12.8. The van der Waals surface area contributed by atoms with Gasteiger partial charge < -0.3 is 31.1 Å². The summed E-state index contributed by atoms with van der Waals surface area (Å²) >= 11 is 0. The van der Waals surface area contributed by atoms with Crippen LogP contribution in [0, 0.1) is 27.7 Å². The smallest absolute Gasteiger partial charge is 0.296 e. The minimum absolute atomic E-state index is 0.0202. The van der Waals surface area contributed by atoms with Crippen molar-refractivity contribution in [3.8, 4) is 0 Å². The number of aromatic nitrogens is 6. The molecule has 0 radical (unpaired) electrons. The average molecular weight is 2170 g/mol. The van der Waals surface area contributed by atoms with Gasteiger partial charge in [-0.3, -0.25) is 36.4 Å². The molecule has 12 N–H and O–H groups in total. The van der Waals surface area contributed by atoms with E-state index in [4.69, 9.17) is 29.9 Å². The molecule has 12 aromatic carbocycles. The Morgan fingerprint density at radius 3 is 0.581 bits per heavy atom. The highest BCUT2D eigenvalue weighted by Gasteiger charge is 2.35. The van der Waals surface area contributed by atoms with Crippen LogP contribution >= 0.6 is 0 Å². The molecule has 760 valence electrons. The molecule has 2 unspecified atom stereocenters. The number of piperazine rings is 1. The Labute approximate surface area is 841 Å². The van der Waals surface area contributed by atoms with E-state index in [9.17, 15) is 104 Å². The van der Waals surface area contributed by atoms with Crippen molar-refractivity contribution < 1.29 is 104 Å². The van der Waals surface area contributed by atoms with Crippen molar-refractivity contribution in [3.63, 3.8) is 0 Å². The maximum atomic E-state index is 12.8. The quantitative estimate of drug-likeness (QED) is 0.0132. The monoisotopic (exact) mass is 2160 g/mol. The molecule has 2 atom stereocenters. The van der Waals surface area contributed by atoms with Crippen LogP contribution in [-0.2, 0) is 80.9 Å². The molecule has 0 amide bonds. The van der Waals surface area contributed by atoms with Crippen LogP contribution in [0.5, 0.6) is 0 Å².